The van der Waals surface area contributed by atoms with Gasteiger partial charge >= 0.3 is 0 Å². The van der Waals surface area contributed by atoms with Crippen LogP contribution < -0.4 is 10.6 Å². The molecule has 0 aromatic carbocycles. The molecule has 5 nitrogen and oxygen atoms in total. The van der Waals surface area contributed by atoms with Crippen molar-refractivity contribution in [2.45, 2.75) is 40.2 Å². The number of aliphatic hydroxyl groups excluding tert-OH is 1. The van der Waals surface area contributed by atoms with Gasteiger partial charge in [0.25, 0.3) is 0 Å². The average Bonchev–Trinajstić information content (AvgIpc) is 2.12. The predicted molar refractivity (Wildman–Crippen MR) is 61.8 cm³/mol. The highest BCUT2D eigenvalue weighted by atomic mass is 16.3. The number of rotatable bonds is 5. The van der Waals surface area contributed by atoms with Gasteiger partial charge in [-0.2, -0.15) is 0 Å². The maximum absolute atomic E-state index is 11.4. The quantitative estimate of drug-likeness (QED) is 0.624. The smallest absolute Gasteiger partial charge is 0.239 e. The van der Waals surface area contributed by atoms with Crippen LogP contribution in [0.25, 0.3) is 0 Å². The van der Waals surface area contributed by atoms with Crippen LogP contribution in [0, 0.1) is 5.41 Å². The van der Waals surface area contributed by atoms with E-state index in [9.17, 15) is 9.59 Å². The minimum absolute atomic E-state index is 0.0220. The Balaban J connectivity index is 3.86. The molecule has 0 spiro atoms. The molecule has 0 radical (unpaired) electrons. The van der Waals surface area contributed by atoms with Gasteiger partial charge in [0.2, 0.25) is 11.8 Å². The number of carbonyl (C=O) groups is 2. The molecule has 0 aliphatic carbocycles. The van der Waals surface area contributed by atoms with Gasteiger partial charge in [-0.15, -0.1) is 0 Å². The second kappa shape index (κ2) is 6.48. The number of hydrogen-bond donors (Lipinski definition) is 3. The molecular formula is C11H22N2O3. The minimum atomic E-state index is -0.489. The van der Waals surface area contributed by atoms with Gasteiger partial charge in [-0.25, -0.2) is 0 Å². The Morgan fingerprint density at radius 2 is 1.88 bits per heavy atom. The zero-order valence-electron chi connectivity index (χ0n) is 10.5. The summed E-state index contributed by atoms with van der Waals surface area (Å²) >= 11 is 0. The van der Waals surface area contributed by atoms with Crippen LogP contribution in [-0.4, -0.2) is 36.1 Å². The molecule has 0 aromatic rings. The van der Waals surface area contributed by atoms with Crippen LogP contribution >= 0.6 is 0 Å². The average molecular weight is 230 g/mol. The molecule has 0 rings (SSSR count). The van der Waals surface area contributed by atoms with Gasteiger partial charge in [-0.05, 0) is 13.3 Å². The molecule has 94 valence electrons. The molecule has 0 aromatic heterocycles. The molecule has 0 fully saturated rings. The van der Waals surface area contributed by atoms with Gasteiger partial charge < -0.3 is 15.7 Å². The third-order valence-corrected chi connectivity index (χ3v) is 2.06. The molecule has 0 heterocycles. The van der Waals surface area contributed by atoms with E-state index in [2.05, 4.69) is 10.6 Å². The van der Waals surface area contributed by atoms with E-state index in [1.165, 1.54) is 0 Å². The van der Waals surface area contributed by atoms with E-state index < -0.39 is 5.41 Å². The first-order valence-electron chi connectivity index (χ1n) is 5.46. The van der Waals surface area contributed by atoms with E-state index in [0.29, 0.717) is 6.42 Å². The largest absolute Gasteiger partial charge is 0.396 e. The van der Waals surface area contributed by atoms with Gasteiger partial charge in [0, 0.05) is 18.1 Å². The molecule has 0 saturated carbocycles. The molecule has 1 unspecified atom stereocenters. The van der Waals surface area contributed by atoms with E-state index in [1.807, 2.05) is 0 Å². The number of nitrogens with one attached hydrogen (secondary N) is 2. The molecule has 2 amide bonds. The Kier molecular flexibility index (Phi) is 6.03. The Hall–Kier alpha value is -1.10. The van der Waals surface area contributed by atoms with Gasteiger partial charge in [-0.1, -0.05) is 20.8 Å². The lowest BCUT2D eigenvalue weighted by molar-refractivity contribution is -0.131. The summed E-state index contributed by atoms with van der Waals surface area (Å²) in [5.74, 6) is -0.393. The second-order valence-electron chi connectivity index (χ2n) is 4.91. The van der Waals surface area contributed by atoms with Crippen molar-refractivity contribution >= 4 is 11.8 Å². The van der Waals surface area contributed by atoms with Crippen LogP contribution in [0.1, 0.15) is 34.1 Å². The molecule has 16 heavy (non-hydrogen) atoms. The van der Waals surface area contributed by atoms with E-state index >= 15 is 0 Å². The number of hydrogen-bond acceptors (Lipinski definition) is 3. The van der Waals surface area contributed by atoms with Crippen LogP contribution in [-0.2, 0) is 9.59 Å². The van der Waals surface area contributed by atoms with Crippen molar-refractivity contribution in [3.8, 4) is 0 Å². The molecule has 5 heteroatoms. The Labute approximate surface area is 96.6 Å². The Bertz CT molecular complexity index is 246. The molecule has 1 atom stereocenters. The summed E-state index contributed by atoms with van der Waals surface area (Å²) in [6.07, 6.45) is 0.513. The Morgan fingerprint density at radius 1 is 1.31 bits per heavy atom. The molecule has 3 N–H and O–H groups in total. The van der Waals surface area contributed by atoms with E-state index in [0.717, 1.165) is 0 Å². The summed E-state index contributed by atoms with van der Waals surface area (Å²) in [6, 6.07) is -0.0796. The zero-order valence-corrected chi connectivity index (χ0v) is 10.5. The second-order valence-corrected chi connectivity index (χ2v) is 4.91. The van der Waals surface area contributed by atoms with Gasteiger partial charge in [0.1, 0.15) is 0 Å². The lowest BCUT2D eigenvalue weighted by Gasteiger charge is -2.18. The van der Waals surface area contributed by atoms with Crippen LogP contribution in [0.4, 0.5) is 0 Å². The standard InChI is InChI=1S/C11H22N2O3/c1-8(5-6-14)13-9(15)7-12-10(16)11(2,3)4/h8,14H,5-7H2,1-4H3,(H,12,16)(H,13,15). The third-order valence-electron chi connectivity index (χ3n) is 2.06. The monoisotopic (exact) mass is 230 g/mol. The van der Waals surface area contributed by atoms with E-state index in [1.54, 1.807) is 27.7 Å². The van der Waals surface area contributed by atoms with E-state index in [-0.39, 0.29) is 31.0 Å². The first-order valence-corrected chi connectivity index (χ1v) is 5.46. The summed E-state index contributed by atoms with van der Waals surface area (Å²) in [5, 5.41) is 13.9. The first-order chi connectivity index (χ1) is 7.27. The maximum atomic E-state index is 11.4. The van der Waals surface area contributed by atoms with Crippen LogP contribution in [0.5, 0.6) is 0 Å². The minimum Gasteiger partial charge on any atom is -0.396 e. The van der Waals surface area contributed by atoms with Gasteiger partial charge in [-0.3, -0.25) is 9.59 Å². The van der Waals surface area contributed by atoms with Crippen molar-refractivity contribution < 1.29 is 14.7 Å². The van der Waals surface area contributed by atoms with Crippen molar-refractivity contribution in [2.75, 3.05) is 13.2 Å². The maximum Gasteiger partial charge on any atom is 0.239 e. The number of carbonyl (C=O) groups excluding carboxylic acids is 2. The highest BCUT2D eigenvalue weighted by Gasteiger charge is 2.21. The zero-order chi connectivity index (χ0) is 12.8. The van der Waals surface area contributed by atoms with Crippen molar-refractivity contribution in [1.29, 1.82) is 0 Å². The third kappa shape index (κ3) is 6.40. The lowest BCUT2D eigenvalue weighted by Crippen LogP contribution is -2.44. The van der Waals surface area contributed by atoms with Crippen LogP contribution in [0.2, 0.25) is 0 Å². The first kappa shape index (κ1) is 14.9. The van der Waals surface area contributed by atoms with Gasteiger partial charge in [0.05, 0.1) is 6.54 Å². The fraction of sp³-hybridized carbons (Fsp3) is 0.818. The highest BCUT2D eigenvalue weighted by molar-refractivity contribution is 5.87. The van der Waals surface area contributed by atoms with Crippen LogP contribution in [0.3, 0.4) is 0 Å². The summed E-state index contributed by atoms with van der Waals surface area (Å²) in [4.78, 5) is 22.8. The molecule has 0 aliphatic heterocycles. The van der Waals surface area contributed by atoms with Crippen molar-refractivity contribution in [3.05, 3.63) is 0 Å². The fourth-order valence-electron chi connectivity index (χ4n) is 1.02. The summed E-state index contributed by atoms with van der Waals surface area (Å²) in [7, 11) is 0. The normalized spacial score (nSPS) is 13.1. The lowest BCUT2D eigenvalue weighted by atomic mass is 9.96. The summed E-state index contributed by atoms with van der Waals surface area (Å²) in [5.41, 5.74) is -0.489. The summed E-state index contributed by atoms with van der Waals surface area (Å²) in [6.45, 7) is 7.18. The molecule has 0 aliphatic rings. The molecular weight excluding hydrogens is 208 g/mol. The molecule has 0 saturated heterocycles. The number of aliphatic hydroxyl groups is 1. The van der Waals surface area contributed by atoms with Crippen LogP contribution in [0.15, 0.2) is 0 Å². The van der Waals surface area contributed by atoms with E-state index in [4.69, 9.17) is 5.11 Å². The van der Waals surface area contributed by atoms with Crippen molar-refractivity contribution in [2.24, 2.45) is 5.41 Å². The topological polar surface area (TPSA) is 78.4 Å². The van der Waals surface area contributed by atoms with Crippen molar-refractivity contribution in [3.63, 3.8) is 0 Å². The summed E-state index contributed by atoms with van der Waals surface area (Å²) < 4.78 is 0. The predicted octanol–water partition coefficient (Wildman–Crippen LogP) is 0.0358. The van der Waals surface area contributed by atoms with Gasteiger partial charge in [0.15, 0.2) is 0 Å². The Morgan fingerprint density at radius 3 is 2.31 bits per heavy atom. The SMILES string of the molecule is CC(CCO)NC(=O)CNC(=O)C(C)(C)C. The number of amides is 2. The van der Waals surface area contributed by atoms with Crippen molar-refractivity contribution in [1.82, 2.24) is 10.6 Å². The fourth-order valence-corrected chi connectivity index (χ4v) is 1.02. The molecule has 0 bridgehead atoms. The highest BCUT2D eigenvalue weighted by Crippen LogP contribution is 2.11.